The summed E-state index contributed by atoms with van der Waals surface area (Å²) in [7, 11) is 0. The average molecular weight is 1060 g/mol. The number of carbonyl (C=O) groups is 12. The number of hydrogen-bond donors (Lipinski definition) is 5. The third kappa shape index (κ3) is 10.7. The minimum atomic E-state index is -1.37. The molecule has 6 fully saturated rings. The molecular formula is C46H53N10NaO14S2. The van der Waals surface area contributed by atoms with Crippen molar-refractivity contribution in [2.24, 2.45) is 0 Å². The summed E-state index contributed by atoms with van der Waals surface area (Å²) in [4.78, 5) is 157. The first-order valence-electron chi connectivity index (χ1n) is 22.9. The van der Waals surface area contributed by atoms with Gasteiger partial charge in [-0.15, -0.1) is 23.5 Å². The van der Waals surface area contributed by atoms with Gasteiger partial charge in [-0.1, -0.05) is 60.7 Å². The number of nitrogens with one attached hydrogen (secondary N) is 4. The van der Waals surface area contributed by atoms with Crippen molar-refractivity contribution < 1.29 is 97.3 Å². The van der Waals surface area contributed by atoms with Gasteiger partial charge in [0.1, 0.15) is 41.0 Å². The van der Waals surface area contributed by atoms with Gasteiger partial charge in [0.05, 0.1) is 12.0 Å². The van der Waals surface area contributed by atoms with Crippen molar-refractivity contribution in [2.45, 2.75) is 98.0 Å². The van der Waals surface area contributed by atoms with Crippen LogP contribution in [0, 0.1) is 0 Å². The molecular weight excluding hydrogens is 1000 g/mol. The van der Waals surface area contributed by atoms with E-state index in [1.165, 1.54) is 43.1 Å². The molecule has 5 N–H and O–H groups in total. The molecule has 8 rings (SSSR count). The normalized spacial score (nSPS) is 25.3. The van der Waals surface area contributed by atoms with E-state index in [0.29, 0.717) is 24.2 Å². The van der Waals surface area contributed by atoms with E-state index < -0.39 is 128 Å². The predicted molar refractivity (Wildman–Crippen MR) is 252 cm³/mol. The third-order valence-corrected chi connectivity index (χ3v) is 16.3. The number of piperazine rings is 2. The van der Waals surface area contributed by atoms with Gasteiger partial charge < -0.3 is 55.9 Å². The molecule has 0 saturated carbocycles. The van der Waals surface area contributed by atoms with Crippen molar-refractivity contribution in [3.05, 3.63) is 71.8 Å². The van der Waals surface area contributed by atoms with Gasteiger partial charge >= 0.3 is 71.2 Å². The van der Waals surface area contributed by atoms with Crippen molar-refractivity contribution >= 4 is 94.8 Å². The van der Waals surface area contributed by atoms with Crippen LogP contribution < -0.4 is 55.9 Å². The topological polar surface area (TPSA) is 316 Å². The number of aliphatic carboxylic acids is 2. The first kappa shape index (κ1) is 56.1. The van der Waals surface area contributed by atoms with Crippen molar-refractivity contribution in [2.75, 3.05) is 39.3 Å². The first-order chi connectivity index (χ1) is 33.9. The smallest absolute Gasteiger partial charge is 0.548 e. The van der Waals surface area contributed by atoms with Crippen molar-refractivity contribution in [1.82, 2.24) is 50.7 Å². The Kier molecular flexibility index (Phi) is 17.0. The van der Waals surface area contributed by atoms with Crippen molar-refractivity contribution in [3.8, 4) is 0 Å². The van der Waals surface area contributed by atoms with Crippen LogP contribution in [0.2, 0.25) is 0 Å². The number of thioether (sulfide) groups is 2. The number of β-lactam (4-membered cyclic amide) rings is 2. The number of fused-ring (bicyclic) bond motifs is 2. The molecule has 0 aliphatic carbocycles. The number of rotatable bonds is 12. The third-order valence-electron chi connectivity index (χ3n) is 13.1. The molecule has 0 spiro atoms. The largest absolute Gasteiger partial charge is 1.00 e. The summed E-state index contributed by atoms with van der Waals surface area (Å²) >= 11 is 2.52. The maximum atomic E-state index is 13.3. The van der Waals surface area contributed by atoms with Crippen LogP contribution in [-0.4, -0.2) is 189 Å². The summed E-state index contributed by atoms with van der Waals surface area (Å²) in [5, 5.41) is 30.3. The fraction of sp³-hybridized carbons (Fsp3) is 0.478. The number of benzene rings is 2. The summed E-state index contributed by atoms with van der Waals surface area (Å²) < 4.78 is -1.58. The predicted octanol–water partition coefficient (Wildman–Crippen LogP) is -4.81. The van der Waals surface area contributed by atoms with Gasteiger partial charge in [0, 0.05) is 48.8 Å². The number of hydrogen-bond acceptors (Lipinski definition) is 15. The number of carbonyl (C=O) groups excluding carboxylic acids is 11. The zero-order valence-electron chi connectivity index (χ0n) is 40.9. The minimum Gasteiger partial charge on any atom is -0.548 e. The Bertz CT molecular complexity index is 2440. The summed E-state index contributed by atoms with van der Waals surface area (Å²) in [5.74, 6) is -8.56. The number of urea groups is 2. The van der Waals surface area contributed by atoms with Gasteiger partial charge in [-0.3, -0.25) is 48.2 Å². The van der Waals surface area contributed by atoms with Gasteiger partial charge in [-0.05, 0) is 52.7 Å². The Labute approximate surface area is 449 Å². The maximum absolute atomic E-state index is 13.3. The van der Waals surface area contributed by atoms with Gasteiger partial charge in [0.2, 0.25) is 23.6 Å². The molecule has 6 heterocycles. The van der Waals surface area contributed by atoms with Crippen LogP contribution in [0.15, 0.2) is 60.7 Å². The molecule has 2 aromatic carbocycles. The van der Waals surface area contributed by atoms with Crippen molar-refractivity contribution in [1.29, 1.82) is 0 Å². The van der Waals surface area contributed by atoms with E-state index in [-0.39, 0.29) is 55.7 Å². The molecule has 27 heteroatoms. The van der Waals surface area contributed by atoms with Crippen LogP contribution >= 0.6 is 23.5 Å². The van der Waals surface area contributed by atoms with Crippen LogP contribution in [0.1, 0.15) is 64.8 Å². The number of carboxylic acids is 2. The summed E-state index contributed by atoms with van der Waals surface area (Å²) in [6.45, 7) is 11.3. The first-order valence-corrected chi connectivity index (χ1v) is 24.7. The SMILES string of the molecule is CCN1CCN(C(=O)N[C@@H](C(=O)N[C@@H]2C(=O)N3[C@@H]2SC(C)(C)[C@@H]3C(=O)O)c2ccccc2)C(=O)C1=O.CCN1CCN(C(=O)N[C@@H](C(=O)N[C@@H]2C(=O)N3[C@@H]2SC(C)(C)[C@@H]3C(=O)[O-])c2ccccc2)C(=O)C1=O.[Na+]. The zero-order valence-corrected chi connectivity index (χ0v) is 44.5. The number of likely N-dealkylation sites (N-methyl/N-ethyl adjacent to an activating group) is 2. The Balaban J connectivity index is 0.000000235. The fourth-order valence-corrected chi connectivity index (χ4v) is 12.6. The second-order valence-electron chi connectivity index (χ2n) is 18.4. The molecule has 384 valence electrons. The van der Waals surface area contributed by atoms with Gasteiger partial charge in [0.25, 0.3) is 0 Å². The quantitative estimate of drug-likeness (QED) is 0.0757. The molecule has 73 heavy (non-hydrogen) atoms. The van der Waals surface area contributed by atoms with Crippen LogP contribution in [0.3, 0.4) is 0 Å². The van der Waals surface area contributed by atoms with Crippen LogP contribution in [0.25, 0.3) is 0 Å². The number of imide groups is 2. The summed E-state index contributed by atoms with van der Waals surface area (Å²) in [5.41, 5.74) is 0.797. The average Bonchev–Trinajstić information content (AvgIpc) is 3.76. The molecule has 0 bridgehead atoms. The number of amides is 12. The molecule has 0 radical (unpaired) electrons. The summed E-state index contributed by atoms with van der Waals surface area (Å²) in [6.07, 6.45) is 0. The molecule has 12 amide bonds. The van der Waals surface area contributed by atoms with E-state index >= 15 is 0 Å². The van der Waals surface area contributed by atoms with E-state index in [1.54, 1.807) is 102 Å². The molecule has 6 aliphatic heterocycles. The molecule has 24 nitrogen and oxygen atoms in total. The van der Waals surface area contributed by atoms with E-state index in [0.717, 1.165) is 9.80 Å². The monoisotopic (exact) mass is 1060 g/mol. The zero-order chi connectivity index (χ0) is 52.7. The van der Waals surface area contributed by atoms with Crippen LogP contribution in [0.4, 0.5) is 9.59 Å². The molecule has 6 aliphatic rings. The van der Waals surface area contributed by atoms with Gasteiger partial charge in [-0.25, -0.2) is 14.4 Å². The van der Waals surface area contributed by atoms with Gasteiger partial charge in [-0.2, -0.15) is 0 Å². The van der Waals surface area contributed by atoms with E-state index in [1.807, 2.05) is 0 Å². The second-order valence-corrected chi connectivity index (χ2v) is 22.0. The van der Waals surface area contributed by atoms with E-state index in [9.17, 15) is 67.7 Å². The minimum absolute atomic E-state index is 0. The van der Waals surface area contributed by atoms with Crippen LogP contribution in [-0.2, 0) is 47.9 Å². The Morgan fingerprint density at radius 1 is 0.603 bits per heavy atom. The number of nitrogens with zero attached hydrogens (tertiary/aromatic N) is 6. The Morgan fingerprint density at radius 2 is 0.959 bits per heavy atom. The maximum Gasteiger partial charge on any atom is 1.00 e. The summed E-state index contributed by atoms with van der Waals surface area (Å²) in [6, 6.07) is 8.03. The second kappa shape index (κ2) is 22.1. The Hall–Kier alpha value is -6.22. The molecule has 6 saturated heterocycles. The van der Waals surface area contributed by atoms with Crippen molar-refractivity contribution in [3.63, 3.8) is 0 Å². The van der Waals surface area contributed by atoms with Gasteiger partial charge in [0.15, 0.2) is 0 Å². The molecule has 0 aromatic heterocycles. The molecule has 0 unspecified atom stereocenters. The van der Waals surface area contributed by atoms with E-state index in [2.05, 4.69) is 21.3 Å². The molecule has 2 aromatic rings. The Morgan fingerprint density at radius 3 is 1.30 bits per heavy atom. The number of carboxylic acid groups (broad SMARTS) is 2. The van der Waals surface area contributed by atoms with E-state index in [4.69, 9.17) is 0 Å². The van der Waals surface area contributed by atoms with Crippen LogP contribution in [0.5, 0.6) is 0 Å². The fourth-order valence-electron chi connectivity index (χ4n) is 9.38. The molecule has 8 atom stereocenters. The standard InChI is InChI=1S/2C23H27N5O7S.Na/c2*1-4-26-10-11-27(19(32)18(26)31)22(35)25-13(12-8-6-5-7-9-12)16(29)24-14-17(30)28-15(21(33)34)23(2,3)36-20(14)28;/h2*5-9,13-15,20H,4,10-11H2,1-3H3,(H,24,29)(H,25,35)(H,33,34);/q;;+1/p-1/t2*13-,14-,15+,20-;/m11./s1.